The molecule has 0 aliphatic carbocycles. The van der Waals surface area contributed by atoms with Crippen LogP contribution in [0.25, 0.3) is 0 Å². The van der Waals surface area contributed by atoms with E-state index in [1.165, 1.54) is 0 Å². The minimum Gasteiger partial charge on any atom is -0.371 e. The third-order valence-electron chi connectivity index (χ3n) is 3.83. The van der Waals surface area contributed by atoms with E-state index in [0.29, 0.717) is 12.3 Å². The standard InChI is InChI=1S/C17H20N2O3S/c1-19-10-11-22-17(13-19)14-6-5-7-15(12-14)18-23(20,21)16-8-3-2-4-9-16/h2-9,12,17-18H,10-11,13H2,1H3. The average molecular weight is 332 g/mol. The second kappa shape index (κ2) is 6.70. The lowest BCUT2D eigenvalue weighted by atomic mass is 10.1. The van der Waals surface area contributed by atoms with Gasteiger partial charge in [-0.2, -0.15) is 0 Å². The monoisotopic (exact) mass is 332 g/mol. The van der Waals surface area contributed by atoms with Crippen molar-refractivity contribution in [2.24, 2.45) is 0 Å². The highest BCUT2D eigenvalue weighted by Crippen LogP contribution is 2.25. The first kappa shape index (κ1) is 16.0. The average Bonchev–Trinajstić information content (AvgIpc) is 2.55. The van der Waals surface area contributed by atoms with Gasteiger partial charge in [0, 0.05) is 18.8 Å². The van der Waals surface area contributed by atoms with Crippen molar-refractivity contribution in [1.82, 2.24) is 4.90 Å². The number of nitrogens with zero attached hydrogens (tertiary/aromatic N) is 1. The van der Waals surface area contributed by atoms with Crippen LogP contribution in [0.15, 0.2) is 59.5 Å². The maximum Gasteiger partial charge on any atom is 0.261 e. The van der Waals surface area contributed by atoms with Gasteiger partial charge in [0.15, 0.2) is 0 Å². The highest BCUT2D eigenvalue weighted by atomic mass is 32.2. The fourth-order valence-electron chi connectivity index (χ4n) is 2.60. The van der Waals surface area contributed by atoms with Gasteiger partial charge in [-0.3, -0.25) is 4.72 Å². The number of sulfonamides is 1. The minimum absolute atomic E-state index is 0.0325. The number of ether oxygens (including phenoxy) is 1. The Balaban J connectivity index is 1.80. The molecule has 0 spiro atoms. The summed E-state index contributed by atoms with van der Waals surface area (Å²) in [5.74, 6) is 0. The molecule has 3 rings (SSSR count). The van der Waals surface area contributed by atoms with Crippen LogP contribution in [0.4, 0.5) is 5.69 Å². The third-order valence-corrected chi connectivity index (χ3v) is 5.23. The molecule has 1 fully saturated rings. The number of hydrogen-bond donors (Lipinski definition) is 1. The number of nitrogens with one attached hydrogen (secondary N) is 1. The van der Waals surface area contributed by atoms with Crippen LogP contribution in [-0.2, 0) is 14.8 Å². The van der Waals surface area contributed by atoms with E-state index >= 15 is 0 Å². The Morgan fingerprint density at radius 3 is 2.65 bits per heavy atom. The second-order valence-corrected chi connectivity index (χ2v) is 7.35. The number of likely N-dealkylation sites (N-methyl/N-ethyl adjacent to an activating group) is 1. The zero-order valence-corrected chi connectivity index (χ0v) is 13.8. The van der Waals surface area contributed by atoms with Crippen LogP contribution in [0, 0.1) is 0 Å². The molecule has 0 bridgehead atoms. The van der Waals surface area contributed by atoms with E-state index in [1.54, 1.807) is 36.4 Å². The number of morpholine rings is 1. The van der Waals surface area contributed by atoms with Crippen molar-refractivity contribution in [3.05, 3.63) is 60.2 Å². The van der Waals surface area contributed by atoms with Crippen molar-refractivity contribution >= 4 is 15.7 Å². The molecule has 1 heterocycles. The molecule has 122 valence electrons. The number of hydrogen-bond acceptors (Lipinski definition) is 4. The molecule has 1 aliphatic heterocycles. The zero-order valence-electron chi connectivity index (χ0n) is 13.0. The van der Waals surface area contributed by atoms with E-state index in [2.05, 4.69) is 16.7 Å². The van der Waals surface area contributed by atoms with Crippen molar-refractivity contribution < 1.29 is 13.2 Å². The van der Waals surface area contributed by atoms with Crippen molar-refractivity contribution in [2.45, 2.75) is 11.0 Å². The van der Waals surface area contributed by atoms with E-state index in [9.17, 15) is 8.42 Å². The predicted molar refractivity (Wildman–Crippen MR) is 89.9 cm³/mol. The van der Waals surface area contributed by atoms with E-state index in [1.807, 2.05) is 18.2 Å². The first-order chi connectivity index (χ1) is 11.0. The topological polar surface area (TPSA) is 58.6 Å². The molecule has 1 atom stereocenters. The Morgan fingerprint density at radius 2 is 1.91 bits per heavy atom. The highest BCUT2D eigenvalue weighted by molar-refractivity contribution is 7.92. The van der Waals surface area contributed by atoms with Crippen molar-refractivity contribution in [3.8, 4) is 0 Å². The van der Waals surface area contributed by atoms with Crippen molar-refractivity contribution in [2.75, 3.05) is 31.5 Å². The Morgan fingerprint density at radius 1 is 1.13 bits per heavy atom. The smallest absolute Gasteiger partial charge is 0.261 e. The molecule has 2 aromatic carbocycles. The van der Waals surface area contributed by atoms with Gasteiger partial charge in [0.1, 0.15) is 0 Å². The fraction of sp³-hybridized carbons (Fsp3) is 0.294. The summed E-state index contributed by atoms with van der Waals surface area (Å²) in [6.07, 6.45) is -0.0325. The molecule has 1 saturated heterocycles. The Kier molecular flexibility index (Phi) is 4.66. The summed E-state index contributed by atoms with van der Waals surface area (Å²) >= 11 is 0. The summed E-state index contributed by atoms with van der Waals surface area (Å²) in [6.45, 7) is 2.40. The molecule has 1 unspecified atom stereocenters. The molecule has 5 nitrogen and oxygen atoms in total. The zero-order chi connectivity index (χ0) is 16.3. The molecule has 2 aromatic rings. The third kappa shape index (κ3) is 3.90. The number of rotatable bonds is 4. The van der Waals surface area contributed by atoms with E-state index in [4.69, 9.17) is 4.74 Å². The van der Waals surface area contributed by atoms with Gasteiger partial charge in [0.05, 0.1) is 17.6 Å². The van der Waals surface area contributed by atoms with Crippen LogP contribution in [0.5, 0.6) is 0 Å². The lowest BCUT2D eigenvalue weighted by Crippen LogP contribution is -2.35. The highest BCUT2D eigenvalue weighted by Gasteiger charge is 2.20. The molecule has 6 heteroatoms. The van der Waals surface area contributed by atoms with Gasteiger partial charge in [-0.05, 0) is 36.9 Å². The van der Waals surface area contributed by atoms with Crippen LogP contribution in [0.1, 0.15) is 11.7 Å². The van der Waals surface area contributed by atoms with Gasteiger partial charge >= 0.3 is 0 Å². The molecule has 0 radical (unpaired) electrons. The van der Waals surface area contributed by atoms with Gasteiger partial charge in [0.25, 0.3) is 10.0 Å². The van der Waals surface area contributed by atoms with E-state index in [0.717, 1.165) is 18.7 Å². The van der Waals surface area contributed by atoms with Gasteiger partial charge in [0.2, 0.25) is 0 Å². The number of anilines is 1. The molecule has 0 amide bonds. The molecule has 1 N–H and O–H groups in total. The maximum atomic E-state index is 12.4. The molecular formula is C17H20N2O3S. The summed E-state index contributed by atoms with van der Waals surface area (Å²) in [6, 6.07) is 15.7. The van der Waals surface area contributed by atoms with Crippen LogP contribution in [-0.4, -0.2) is 40.1 Å². The van der Waals surface area contributed by atoms with E-state index in [-0.39, 0.29) is 11.0 Å². The maximum absolute atomic E-state index is 12.4. The molecule has 23 heavy (non-hydrogen) atoms. The normalized spacial score (nSPS) is 19.4. The predicted octanol–water partition coefficient (Wildman–Crippen LogP) is 2.49. The molecule has 0 saturated carbocycles. The van der Waals surface area contributed by atoms with Gasteiger partial charge in [-0.1, -0.05) is 30.3 Å². The minimum atomic E-state index is -3.57. The summed E-state index contributed by atoms with van der Waals surface area (Å²) in [7, 11) is -1.52. The Labute approximate surface area is 136 Å². The second-order valence-electron chi connectivity index (χ2n) is 5.67. The molecule has 0 aromatic heterocycles. The van der Waals surface area contributed by atoms with Crippen LogP contribution >= 0.6 is 0 Å². The lowest BCUT2D eigenvalue weighted by Gasteiger charge is -2.30. The number of benzene rings is 2. The largest absolute Gasteiger partial charge is 0.371 e. The van der Waals surface area contributed by atoms with E-state index < -0.39 is 10.0 Å². The van der Waals surface area contributed by atoms with Crippen molar-refractivity contribution in [1.29, 1.82) is 0 Å². The Hall–Kier alpha value is -1.89. The lowest BCUT2D eigenvalue weighted by molar-refractivity contribution is -0.0208. The first-order valence-electron chi connectivity index (χ1n) is 7.52. The van der Waals surface area contributed by atoms with Crippen LogP contribution in [0.3, 0.4) is 0 Å². The van der Waals surface area contributed by atoms with Crippen LogP contribution < -0.4 is 4.72 Å². The van der Waals surface area contributed by atoms with Gasteiger partial charge < -0.3 is 9.64 Å². The van der Waals surface area contributed by atoms with Crippen molar-refractivity contribution in [3.63, 3.8) is 0 Å². The van der Waals surface area contributed by atoms with Crippen LogP contribution in [0.2, 0.25) is 0 Å². The summed E-state index contributed by atoms with van der Waals surface area (Å²) in [4.78, 5) is 2.45. The fourth-order valence-corrected chi connectivity index (χ4v) is 3.67. The first-order valence-corrected chi connectivity index (χ1v) is 9.01. The summed E-state index contributed by atoms with van der Waals surface area (Å²) < 4.78 is 33.2. The van der Waals surface area contributed by atoms with Gasteiger partial charge in [-0.25, -0.2) is 8.42 Å². The summed E-state index contributed by atoms with van der Waals surface area (Å²) in [5.41, 5.74) is 1.52. The molecular weight excluding hydrogens is 312 g/mol. The Bertz CT molecular complexity index is 762. The van der Waals surface area contributed by atoms with Gasteiger partial charge in [-0.15, -0.1) is 0 Å². The molecule has 1 aliphatic rings. The summed E-state index contributed by atoms with van der Waals surface area (Å²) in [5, 5.41) is 0. The SMILES string of the molecule is CN1CCOC(c2cccc(NS(=O)(=O)c3ccccc3)c2)C1. The quantitative estimate of drug-likeness (QED) is 0.934.